The molecule has 1 aliphatic rings. The number of nitrogens with zero attached hydrogens (tertiary/aromatic N) is 1. The van der Waals surface area contributed by atoms with Crippen molar-refractivity contribution in [1.29, 1.82) is 0 Å². The van der Waals surface area contributed by atoms with Gasteiger partial charge in [-0.3, -0.25) is 4.98 Å². The minimum Gasteiger partial charge on any atom is -0.492 e. The van der Waals surface area contributed by atoms with Gasteiger partial charge in [0.2, 0.25) is 0 Å². The molecule has 0 bridgehead atoms. The third kappa shape index (κ3) is 2.60. The average molecular weight is 235 g/mol. The molecule has 3 nitrogen and oxygen atoms in total. The second-order valence-electron chi connectivity index (χ2n) is 5.71. The van der Waals surface area contributed by atoms with Gasteiger partial charge in [0.15, 0.2) is 0 Å². The Labute approximate surface area is 103 Å². The summed E-state index contributed by atoms with van der Waals surface area (Å²) in [6.45, 7) is 6.96. The van der Waals surface area contributed by atoms with E-state index >= 15 is 0 Å². The van der Waals surface area contributed by atoms with E-state index in [1.54, 1.807) is 12.4 Å². The fourth-order valence-corrected chi connectivity index (χ4v) is 2.68. The summed E-state index contributed by atoms with van der Waals surface area (Å²) in [6.07, 6.45) is 6.08. The standard InChI is InChI=1S/C14H21NO2/c1-4-17-12-7-11(8-15-9-12)14(16)6-5-13(2,3)10-14/h7-9,16H,4-6,10H2,1-3H3. The number of hydrogen-bond acceptors (Lipinski definition) is 3. The normalized spacial score (nSPS) is 27.1. The van der Waals surface area contributed by atoms with Crippen molar-refractivity contribution in [2.45, 2.75) is 45.6 Å². The first-order valence-electron chi connectivity index (χ1n) is 6.26. The van der Waals surface area contributed by atoms with Gasteiger partial charge in [-0.2, -0.15) is 0 Å². The van der Waals surface area contributed by atoms with E-state index in [2.05, 4.69) is 18.8 Å². The van der Waals surface area contributed by atoms with Gasteiger partial charge in [-0.15, -0.1) is 0 Å². The van der Waals surface area contributed by atoms with E-state index in [9.17, 15) is 5.11 Å². The van der Waals surface area contributed by atoms with Crippen molar-refractivity contribution in [1.82, 2.24) is 4.98 Å². The van der Waals surface area contributed by atoms with Crippen LogP contribution in [0.15, 0.2) is 18.5 Å². The summed E-state index contributed by atoms with van der Waals surface area (Å²) in [5.41, 5.74) is 0.356. The molecule has 1 aliphatic carbocycles. The molecule has 1 saturated carbocycles. The lowest BCUT2D eigenvalue weighted by Crippen LogP contribution is -2.23. The number of hydrogen-bond donors (Lipinski definition) is 1. The third-order valence-corrected chi connectivity index (χ3v) is 3.55. The molecule has 94 valence electrons. The Kier molecular flexibility index (Phi) is 3.13. The zero-order valence-corrected chi connectivity index (χ0v) is 10.9. The topological polar surface area (TPSA) is 42.4 Å². The molecule has 0 radical (unpaired) electrons. The maximum Gasteiger partial charge on any atom is 0.137 e. The Morgan fingerprint density at radius 3 is 2.71 bits per heavy atom. The highest BCUT2D eigenvalue weighted by Crippen LogP contribution is 2.49. The molecule has 1 heterocycles. The maximum atomic E-state index is 10.7. The number of rotatable bonds is 3. The molecule has 2 rings (SSSR count). The van der Waals surface area contributed by atoms with Crippen LogP contribution in [0, 0.1) is 5.41 Å². The maximum absolute atomic E-state index is 10.7. The van der Waals surface area contributed by atoms with Crippen molar-refractivity contribution in [3.8, 4) is 5.75 Å². The van der Waals surface area contributed by atoms with Crippen LogP contribution >= 0.6 is 0 Å². The highest BCUT2D eigenvalue weighted by atomic mass is 16.5. The summed E-state index contributed by atoms with van der Waals surface area (Å²) in [7, 11) is 0. The number of aromatic nitrogens is 1. The van der Waals surface area contributed by atoms with Crippen LogP contribution in [0.2, 0.25) is 0 Å². The van der Waals surface area contributed by atoms with Gasteiger partial charge < -0.3 is 9.84 Å². The van der Waals surface area contributed by atoms with Gasteiger partial charge >= 0.3 is 0 Å². The summed E-state index contributed by atoms with van der Waals surface area (Å²) in [4.78, 5) is 4.16. The minimum atomic E-state index is -0.733. The second-order valence-corrected chi connectivity index (χ2v) is 5.71. The Balaban J connectivity index is 2.25. The van der Waals surface area contributed by atoms with Crippen molar-refractivity contribution in [2.24, 2.45) is 5.41 Å². The van der Waals surface area contributed by atoms with Gasteiger partial charge in [0, 0.05) is 11.8 Å². The Bertz CT molecular complexity index is 403. The molecule has 3 heteroatoms. The lowest BCUT2D eigenvalue weighted by molar-refractivity contribution is 0.0332. The van der Waals surface area contributed by atoms with Crippen molar-refractivity contribution in [3.05, 3.63) is 24.0 Å². The first-order valence-corrected chi connectivity index (χ1v) is 6.26. The van der Waals surface area contributed by atoms with Gasteiger partial charge in [-0.1, -0.05) is 13.8 Å². The summed E-state index contributed by atoms with van der Waals surface area (Å²) in [5.74, 6) is 0.739. The summed E-state index contributed by atoms with van der Waals surface area (Å²) in [5, 5.41) is 10.7. The van der Waals surface area contributed by atoms with E-state index in [0.29, 0.717) is 6.61 Å². The Morgan fingerprint density at radius 1 is 1.35 bits per heavy atom. The molecule has 0 saturated heterocycles. The number of ether oxygens (including phenoxy) is 1. The number of aliphatic hydroxyl groups is 1. The molecule has 17 heavy (non-hydrogen) atoms. The highest BCUT2D eigenvalue weighted by molar-refractivity contribution is 5.29. The second kappa shape index (κ2) is 4.30. The van der Waals surface area contributed by atoms with Crippen molar-refractivity contribution in [2.75, 3.05) is 6.61 Å². The third-order valence-electron chi connectivity index (χ3n) is 3.55. The summed E-state index contributed by atoms with van der Waals surface area (Å²) >= 11 is 0. The van der Waals surface area contributed by atoms with Crippen LogP contribution in [-0.2, 0) is 5.60 Å². The van der Waals surface area contributed by atoms with Crippen molar-refractivity contribution >= 4 is 0 Å². The molecular weight excluding hydrogens is 214 g/mol. The van der Waals surface area contributed by atoms with Crippen LogP contribution in [0.3, 0.4) is 0 Å². The van der Waals surface area contributed by atoms with Crippen LogP contribution in [0.5, 0.6) is 5.75 Å². The molecule has 0 amide bonds. The fraction of sp³-hybridized carbons (Fsp3) is 0.643. The average Bonchev–Trinajstić information content (AvgIpc) is 2.55. The quantitative estimate of drug-likeness (QED) is 0.876. The molecule has 0 aromatic carbocycles. The van der Waals surface area contributed by atoms with Gasteiger partial charge in [0.05, 0.1) is 18.4 Å². The minimum absolute atomic E-state index is 0.205. The monoisotopic (exact) mass is 235 g/mol. The van der Waals surface area contributed by atoms with Gasteiger partial charge in [-0.05, 0) is 37.7 Å². The lowest BCUT2D eigenvalue weighted by Gasteiger charge is -2.25. The zero-order chi connectivity index (χ0) is 12.5. The van der Waals surface area contributed by atoms with Crippen molar-refractivity contribution in [3.63, 3.8) is 0 Å². The first kappa shape index (κ1) is 12.4. The lowest BCUT2D eigenvalue weighted by atomic mass is 9.86. The van der Waals surface area contributed by atoms with Crippen LogP contribution in [-0.4, -0.2) is 16.7 Å². The van der Waals surface area contributed by atoms with E-state index in [1.807, 2.05) is 13.0 Å². The fourth-order valence-electron chi connectivity index (χ4n) is 2.68. The number of pyridine rings is 1. The molecule has 1 atom stereocenters. The van der Waals surface area contributed by atoms with Gasteiger partial charge in [0.1, 0.15) is 5.75 Å². The SMILES string of the molecule is CCOc1cncc(C2(O)CCC(C)(C)C2)c1. The van der Waals surface area contributed by atoms with Crippen LogP contribution < -0.4 is 4.74 Å². The smallest absolute Gasteiger partial charge is 0.137 e. The molecule has 1 aromatic rings. The largest absolute Gasteiger partial charge is 0.492 e. The molecule has 1 aromatic heterocycles. The van der Waals surface area contributed by atoms with Gasteiger partial charge in [0.25, 0.3) is 0 Å². The molecule has 1 fully saturated rings. The highest BCUT2D eigenvalue weighted by Gasteiger charge is 2.43. The zero-order valence-electron chi connectivity index (χ0n) is 10.9. The van der Waals surface area contributed by atoms with Gasteiger partial charge in [-0.25, -0.2) is 0 Å². The summed E-state index contributed by atoms with van der Waals surface area (Å²) in [6, 6.07) is 1.91. The molecule has 0 aliphatic heterocycles. The molecular formula is C14H21NO2. The van der Waals surface area contributed by atoms with E-state index < -0.39 is 5.60 Å². The van der Waals surface area contributed by atoms with E-state index in [4.69, 9.17) is 4.74 Å². The predicted octanol–water partition coefficient (Wildman–Crippen LogP) is 2.88. The van der Waals surface area contributed by atoms with Crippen LogP contribution in [0.1, 0.15) is 45.6 Å². The van der Waals surface area contributed by atoms with Crippen LogP contribution in [0.25, 0.3) is 0 Å². The van der Waals surface area contributed by atoms with Crippen molar-refractivity contribution < 1.29 is 9.84 Å². The molecule has 0 spiro atoms. The Hall–Kier alpha value is -1.09. The summed E-state index contributed by atoms with van der Waals surface area (Å²) < 4.78 is 5.43. The first-order chi connectivity index (χ1) is 7.95. The molecule has 1 N–H and O–H groups in total. The van der Waals surface area contributed by atoms with Crippen LogP contribution in [0.4, 0.5) is 0 Å². The van der Waals surface area contributed by atoms with E-state index in [0.717, 1.165) is 30.6 Å². The molecule has 1 unspecified atom stereocenters. The Morgan fingerprint density at radius 2 is 2.12 bits per heavy atom. The van der Waals surface area contributed by atoms with E-state index in [-0.39, 0.29) is 5.41 Å². The van der Waals surface area contributed by atoms with E-state index in [1.165, 1.54) is 0 Å². The predicted molar refractivity (Wildman–Crippen MR) is 66.9 cm³/mol.